The number of benzene rings is 2. The summed E-state index contributed by atoms with van der Waals surface area (Å²) >= 11 is 6.50. The zero-order chi connectivity index (χ0) is 27.8. The zero-order valence-corrected chi connectivity index (χ0v) is 23.8. The van der Waals surface area contributed by atoms with Gasteiger partial charge in [0.15, 0.2) is 0 Å². The molecule has 1 saturated heterocycles. The lowest BCUT2D eigenvalue weighted by atomic mass is 10.0. The second-order valence-corrected chi connectivity index (χ2v) is 10.3. The number of rotatable bonds is 12. The first kappa shape index (κ1) is 28.5. The molecule has 0 amide bonds. The highest BCUT2D eigenvalue weighted by molar-refractivity contribution is 6.32. The number of hydrogen-bond donors (Lipinski definition) is 3. The second kappa shape index (κ2) is 13.5. The van der Waals surface area contributed by atoms with Crippen molar-refractivity contribution < 1.29 is 14.2 Å². The number of nitrogen functional groups attached to an aromatic ring is 1. The first-order chi connectivity index (χ1) is 18.8. The minimum absolute atomic E-state index is 0.494. The highest BCUT2D eigenvalue weighted by Gasteiger charge is 2.16. The van der Waals surface area contributed by atoms with E-state index in [1.165, 1.54) is 6.33 Å². The van der Waals surface area contributed by atoms with Crippen LogP contribution < -0.4 is 30.7 Å². The summed E-state index contributed by atoms with van der Waals surface area (Å²) in [6, 6.07) is 11.2. The molecule has 0 aliphatic carbocycles. The lowest BCUT2D eigenvalue weighted by Gasteiger charge is -2.24. The number of likely N-dealkylation sites (N-methyl/N-ethyl adjacent to an activating group) is 2. The van der Waals surface area contributed by atoms with Crippen LogP contribution in [0.15, 0.2) is 42.7 Å². The quantitative estimate of drug-likeness (QED) is 0.264. The van der Waals surface area contributed by atoms with Gasteiger partial charge in [0.1, 0.15) is 29.5 Å². The third-order valence-electron chi connectivity index (χ3n) is 6.59. The van der Waals surface area contributed by atoms with Crippen LogP contribution in [0.25, 0.3) is 0 Å². The van der Waals surface area contributed by atoms with Gasteiger partial charge in [-0.25, -0.2) is 9.97 Å². The van der Waals surface area contributed by atoms with Crippen molar-refractivity contribution in [1.82, 2.24) is 14.9 Å². The number of nitrogens with zero attached hydrogens (tertiary/aromatic N) is 4. The maximum Gasteiger partial charge on any atom is 0.144 e. The van der Waals surface area contributed by atoms with Gasteiger partial charge < -0.3 is 40.4 Å². The number of methoxy groups -OCH3 is 1. The minimum atomic E-state index is 0.494. The van der Waals surface area contributed by atoms with Crippen LogP contribution in [0.5, 0.6) is 11.5 Å². The van der Waals surface area contributed by atoms with Crippen LogP contribution in [-0.4, -0.2) is 76.0 Å². The Kier molecular flexibility index (Phi) is 9.91. The largest absolute Gasteiger partial charge is 0.494 e. The summed E-state index contributed by atoms with van der Waals surface area (Å²) in [5, 5.41) is 7.11. The summed E-state index contributed by atoms with van der Waals surface area (Å²) in [5.41, 5.74) is 9.44. The van der Waals surface area contributed by atoms with Crippen molar-refractivity contribution in [2.45, 2.75) is 12.8 Å². The first-order valence-corrected chi connectivity index (χ1v) is 13.4. The van der Waals surface area contributed by atoms with E-state index in [-0.39, 0.29) is 0 Å². The van der Waals surface area contributed by atoms with Crippen LogP contribution >= 0.6 is 11.6 Å². The summed E-state index contributed by atoms with van der Waals surface area (Å²) in [7, 11) is 7.74. The molecule has 1 fully saturated rings. The fraction of sp³-hybridized carbons (Fsp3) is 0.429. The molecule has 1 aromatic heterocycles. The van der Waals surface area contributed by atoms with Crippen LogP contribution in [0.3, 0.4) is 0 Å². The van der Waals surface area contributed by atoms with E-state index in [0.29, 0.717) is 52.1 Å². The van der Waals surface area contributed by atoms with Gasteiger partial charge in [-0.05, 0) is 57.1 Å². The van der Waals surface area contributed by atoms with E-state index >= 15 is 0 Å². The third kappa shape index (κ3) is 8.01. The number of halogens is 1. The average molecular weight is 556 g/mol. The molecule has 3 aromatic rings. The van der Waals surface area contributed by atoms with E-state index in [9.17, 15) is 0 Å². The Morgan fingerprint density at radius 1 is 1.00 bits per heavy atom. The number of aromatic nitrogens is 2. The molecule has 39 heavy (non-hydrogen) atoms. The molecular formula is C28H38ClN7O3. The number of ether oxygens (including phenoxy) is 3. The molecule has 11 heteroatoms. The highest BCUT2D eigenvalue weighted by atomic mass is 35.5. The van der Waals surface area contributed by atoms with Gasteiger partial charge in [-0.1, -0.05) is 11.6 Å². The summed E-state index contributed by atoms with van der Waals surface area (Å²) in [4.78, 5) is 12.9. The predicted octanol–water partition coefficient (Wildman–Crippen LogP) is 5.01. The molecule has 0 atom stereocenters. The van der Waals surface area contributed by atoms with Crippen molar-refractivity contribution in [2.24, 2.45) is 5.92 Å². The minimum Gasteiger partial charge on any atom is -0.494 e. The van der Waals surface area contributed by atoms with E-state index in [4.69, 9.17) is 31.5 Å². The lowest BCUT2D eigenvalue weighted by Crippen LogP contribution is -2.29. The van der Waals surface area contributed by atoms with Crippen molar-refractivity contribution in [3.05, 3.63) is 47.7 Å². The standard InChI is InChI=1S/C28H38ClN7O3/c1-35(2)9-10-36(3)24-15-26(37-4)23(14-22(24)30)34-28-16-27(31-18-32-28)33-20-5-6-25(21(29)13-20)39-17-19-7-11-38-12-8-19/h5-6,13-16,18-19H,7-12,17,30H2,1-4H3,(H2,31,32,33,34). The van der Waals surface area contributed by atoms with E-state index in [0.717, 1.165) is 50.5 Å². The maximum absolute atomic E-state index is 6.50. The fourth-order valence-electron chi connectivity index (χ4n) is 4.25. The van der Waals surface area contributed by atoms with Crippen molar-refractivity contribution in [3.63, 3.8) is 0 Å². The molecule has 210 valence electrons. The predicted molar refractivity (Wildman–Crippen MR) is 158 cm³/mol. The summed E-state index contributed by atoms with van der Waals surface area (Å²) < 4.78 is 17.0. The Morgan fingerprint density at radius 3 is 2.44 bits per heavy atom. The summed E-state index contributed by atoms with van der Waals surface area (Å²) in [5.74, 6) is 3.01. The fourth-order valence-corrected chi connectivity index (χ4v) is 4.48. The molecule has 0 radical (unpaired) electrons. The van der Waals surface area contributed by atoms with Gasteiger partial charge >= 0.3 is 0 Å². The van der Waals surface area contributed by atoms with Crippen LogP contribution in [0.4, 0.5) is 34.4 Å². The molecule has 4 N–H and O–H groups in total. The molecule has 1 aliphatic heterocycles. The number of hydrogen-bond acceptors (Lipinski definition) is 10. The van der Waals surface area contributed by atoms with E-state index < -0.39 is 0 Å². The van der Waals surface area contributed by atoms with Gasteiger partial charge in [0.05, 0.1) is 35.8 Å². The molecule has 10 nitrogen and oxygen atoms in total. The number of nitrogens with one attached hydrogen (secondary N) is 2. The van der Waals surface area contributed by atoms with E-state index in [1.54, 1.807) is 13.2 Å². The Labute approximate surface area is 235 Å². The van der Waals surface area contributed by atoms with Crippen molar-refractivity contribution in [2.75, 3.05) is 82.4 Å². The van der Waals surface area contributed by atoms with Crippen LogP contribution in [0.1, 0.15) is 12.8 Å². The molecule has 0 spiro atoms. The zero-order valence-electron chi connectivity index (χ0n) is 23.0. The molecule has 0 bridgehead atoms. The summed E-state index contributed by atoms with van der Waals surface area (Å²) in [6.07, 6.45) is 3.51. The molecule has 1 aliphatic rings. The monoisotopic (exact) mass is 555 g/mol. The molecular weight excluding hydrogens is 518 g/mol. The molecule has 4 rings (SSSR count). The Hall–Kier alpha value is -3.47. The van der Waals surface area contributed by atoms with Gasteiger partial charge in [-0.15, -0.1) is 0 Å². The van der Waals surface area contributed by atoms with Crippen molar-refractivity contribution in [3.8, 4) is 11.5 Å². The van der Waals surface area contributed by atoms with Gasteiger partial charge in [0, 0.05) is 51.2 Å². The highest BCUT2D eigenvalue weighted by Crippen LogP contribution is 2.37. The van der Waals surface area contributed by atoms with Gasteiger partial charge in [0.25, 0.3) is 0 Å². The van der Waals surface area contributed by atoms with E-state index in [2.05, 4.69) is 30.4 Å². The van der Waals surface area contributed by atoms with Crippen molar-refractivity contribution >= 4 is 46.0 Å². The maximum atomic E-state index is 6.50. The SMILES string of the molecule is COc1cc(N(C)CCN(C)C)c(N)cc1Nc1cc(Nc2ccc(OCC3CCOCC3)c(Cl)c2)ncn1. The molecule has 0 saturated carbocycles. The third-order valence-corrected chi connectivity index (χ3v) is 6.89. The number of anilines is 6. The van der Waals surface area contributed by atoms with Gasteiger partial charge in [-0.2, -0.15) is 0 Å². The van der Waals surface area contributed by atoms with Gasteiger partial charge in [-0.3, -0.25) is 0 Å². The Morgan fingerprint density at radius 2 is 1.74 bits per heavy atom. The lowest BCUT2D eigenvalue weighted by molar-refractivity contribution is 0.0498. The molecule has 0 unspecified atom stereocenters. The number of nitrogens with two attached hydrogens (primary N) is 1. The van der Waals surface area contributed by atoms with Crippen molar-refractivity contribution in [1.29, 1.82) is 0 Å². The normalized spacial score (nSPS) is 13.8. The first-order valence-electron chi connectivity index (χ1n) is 13.0. The second-order valence-electron chi connectivity index (χ2n) is 9.89. The van der Waals surface area contributed by atoms with Crippen LogP contribution in [0.2, 0.25) is 5.02 Å². The van der Waals surface area contributed by atoms with E-state index in [1.807, 2.05) is 51.5 Å². The Bertz CT molecular complexity index is 1240. The average Bonchev–Trinajstić information content (AvgIpc) is 2.92. The molecule has 2 aromatic carbocycles. The van der Waals surface area contributed by atoms with Gasteiger partial charge in [0.2, 0.25) is 0 Å². The molecule has 2 heterocycles. The van der Waals surface area contributed by atoms with Crippen LogP contribution in [0, 0.1) is 5.92 Å². The van der Waals surface area contributed by atoms with Crippen LogP contribution in [-0.2, 0) is 4.74 Å². The Balaban J connectivity index is 1.41. The topological polar surface area (TPSA) is 110 Å². The smallest absolute Gasteiger partial charge is 0.144 e. The summed E-state index contributed by atoms with van der Waals surface area (Å²) in [6.45, 7) is 3.96.